The lowest BCUT2D eigenvalue weighted by molar-refractivity contribution is 0.502. The maximum absolute atomic E-state index is 3.71. The first kappa shape index (κ1) is 14.8. The molecule has 0 aliphatic carbocycles. The van der Waals surface area contributed by atoms with Gasteiger partial charge in [0.05, 0.1) is 0 Å². The normalized spacial score (nSPS) is 14.2. The molecule has 2 unspecified atom stereocenters. The second-order valence-corrected chi connectivity index (χ2v) is 7.20. The summed E-state index contributed by atoms with van der Waals surface area (Å²) in [5.74, 6) is 0. The number of rotatable bonds is 4. The predicted molar refractivity (Wildman–Crippen MR) is 95.9 cm³/mol. The summed E-state index contributed by atoms with van der Waals surface area (Å²) >= 11 is 5.32. The number of hydrogen-bond donors (Lipinski definition) is 1. The first-order chi connectivity index (χ1) is 10.1. The average Bonchev–Trinajstić information content (AvgIpc) is 2.93. The first-order valence-corrected chi connectivity index (χ1v) is 8.80. The molecule has 0 aliphatic rings. The van der Waals surface area contributed by atoms with Crippen molar-refractivity contribution in [3.63, 3.8) is 0 Å². The van der Waals surface area contributed by atoms with Gasteiger partial charge in [0.2, 0.25) is 0 Å². The molecule has 0 saturated carbocycles. The number of nitrogens with one attached hydrogen (secondary N) is 1. The molecule has 0 fully saturated rings. The van der Waals surface area contributed by atoms with E-state index >= 15 is 0 Å². The van der Waals surface area contributed by atoms with Gasteiger partial charge in [-0.15, -0.1) is 11.3 Å². The van der Waals surface area contributed by atoms with Gasteiger partial charge < -0.3 is 5.32 Å². The van der Waals surface area contributed by atoms with E-state index in [2.05, 4.69) is 89.0 Å². The molecule has 0 radical (unpaired) electrons. The molecule has 3 aromatic rings. The highest BCUT2D eigenvalue weighted by Gasteiger charge is 2.14. The molecular formula is C18H18BrNS. The zero-order chi connectivity index (χ0) is 14.8. The fourth-order valence-electron chi connectivity index (χ4n) is 2.73. The topological polar surface area (TPSA) is 12.0 Å². The van der Waals surface area contributed by atoms with Crippen molar-refractivity contribution in [2.75, 3.05) is 0 Å². The minimum Gasteiger partial charge on any atom is -0.303 e. The van der Waals surface area contributed by atoms with Crippen LogP contribution in [0.25, 0.3) is 10.8 Å². The zero-order valence-corrected chi connectivity index (χ0v) is 14.5. The Morgan fingerprint density at radius 2 is 1.76 bits per heavy atom. The third-order valence-corrected chi connectivity index (χ3v) is 5.68. The third kappa shape index (κ3) is 3.20. The molecule has 108 valence electrons. The first-order valence-electron chi connectivity index (χ1n) is 7.13. The van der Waals surface area contributed by atoms with E-state index < -0.39 is 0 Å². The Hall–Kier alpha value is -1.16. The van der Waals surface area contributed by atoms with Crippen molar-refractivity contribution in [1.82, 2.24) is 5.32 Å². The fourth-order valence-corrected chi connectivity index (χ4v) is 4.19. The van der Waals surface area contributed by atoms with Crippen molar-refractivity contribution in [1.29, 1.82) is 0 Å². The summed E-state index contributed by atoms with van der Waals surface area (Å²) in [5.41, 5.74) is 1.36. The molecule has 3 rings (SSSR count). The van der Waals surface area contributed by atoms with Crippen LogP contribution >= 0.6 is 27.3 Å². The number of halogens is 1. The van der Waals surface area contributed by atoms with E-state index in [9.17, 15) is 0 Å². The van der Waals surface area contributed by atoms with Crippen LogP contribution in [0.3, 0.4) is 0 Å². The van der Waals surface area contributed by atoms with Gasteiger partial charge in [0.25, 0.3) is 0 Å². The van der Waals surface area contributed by atoms with Crippen molar-refractivity contribution in [2.24, 2.45) is 0 Å². The number of fused-ring (bicyclic) bond motifs is 1. The lowest BCUT2D eigenvalue weighted by atomic mass is 9.99. The van der Waals surface area contributed by atoms with Gasteiger partial charge >= 0.3 is 0 Å². The van der Waals surface area contributed by atoms with Gasteiger partial charge in [0, 0.05) is 26.8 Å². The van der Waals surface area contributed by atoms with E-state index in [0.717, 1.165) is 4.47 Å². The minimum absolute atomic E-state index is 0.312. The molecule has 0 bridgehead atoms. The van der Waals surface area contributed by atoms with Gasteiger partial charge in [-0.1, -0.05) is 42.5 Å². The van der Waals surface area contributed by atoms with Crippen LogP contribution in [0, 0.1) is 0 Å². The number of benzene rings is 2. The van der Waals surface area contributed by atoms with Crippen molar-refractivity contribution in [3.05, 3.63) is 68.8 Å². The van der Waals surface area contributed by atoms with E-state index in [1.807, 2.05) is 0 Å². The third-order valence-electron chi connectivity index (χ3n) is 3.80. The lowest BCUT2D eigenvalue weighted by Gasteiger charge is -2.21. The monoisotopic (exact) mass is 359 g/mol. The van der Waals surface area contributed by atoms with Crippen molar-refractivity contribution >= 4 is 38.0 Å². The molecule has 1 heterocycles. The maximum Gasteiger partial charge on any atom is 0.0391 e. The molecule has 3 heteroatoms. The fraction of sp³-hybridized carbons (Fsp3) is 0.222. The van der Waals surface area contributed by atoms with Crippen molar-refractivity contribution < 1.29 is 0 Å². The average molecular weight is 360 g/mol. The largest absolute Gasteiger partial charge is 0.303 e. The van der Waals surface area contributed by atoms with Crippen LogP contribution in [0.4, 0.5) is 0 Å². The maximum atomic E-state index is 3.71. The SMILES string of the molecule is CC(NC(C)c1cccc2ccccc12)c1cc(Br)cs1. The van der Waals surface area contributed by atoms with Gasteiger partial charge in [-0.2, -0.15) is 0 Å². The highest BCUT2D eigenvalue weighted by atomic mass is 79.9. The van der Waals surface area contributed by atoms with Crippen LogP contribution in [0.1, 0.15) is 36.4 Å². The molecule has 0 saturated heterocycles. The molecule has 2 atom stereocenters. The van der Waals surface area contributed by atoms with Crippen molar-refractivity contribution in [2.45, 2.75) is 25.9 Å². The van der Waals surface area contributed by atoms with Crippen LogP contribution in [-0.2, 0) is 0 Å². The van der Waals surface area contributed by atoms with Gasteiger partial charge in [0.1, 0.15) is 0 Å². The summed E-state index contributed by atoms with van der Waals surface area (Å²) in [7, 11) is 0. The quantitative estimate of drug-likeness (QED) is 0.595. The molecular weight excluding hydrogens is 342 g/mol. The van der Waals surface area contributed by atoms with Crippen molar-refractivity contribution in [3.8, 4) is 0 Å². The number of thiophene rings is 1. The molecule has 2 aromatic carbocycles. The smallest absolute Gasteiger partial charge is 0.0391 e. The molecule has 1 nitrogen and oxygen atoms in total. The van der Waals surface area contributed by atoms with E-state index in [1.165, 1.54) is 21.2 Å². The Balaban J connectivity index is 1.85. The Morgan fingerprint density at radius 3 is 2.52 bits per heavy atom. The molecule has 1 aromatic heterocycles. The highest BCUT2D eigenvalue weighted by molar-refractivity contribution is 9.10. The highest BCUT2D eigenvalue weighted by Crippen LogP contribution is 2.29. The van der Waals surface area contributed by atoms with E-state index in [0.29, 0.717) is 12.1 Å². The van der Waals surface area contributed by atoms with Gasteiger partial charge in [-0.05, 0) is 52.2 Å². The lowest BCUT2D eigenvalue weighted by Crippen LogP contribution is -2.22. The molecule has 21 heavy (non-hydrogen) atoms. The van der Waals surface area contributed by atoms with Crippen LogP contribution in [-0.4, -0.2) is 0 Å². The van der Waals surface area contributed by atoms with Crippen LogP contribution in [0.5, 0.6) is 0 Å². The Labute approximate surface area is 138 Å². The van der Waals surface area contributed by atoms with Gasteiger partial charge in [-0.3, -0.25) is 0 Å². The second kappa shape index (κ2) is 6.30. The summed E-state index contributed by atoms with van der Waals surface area (Å²) < 4.78 is 1.16. The summed E-state index contributed by atoms with van der Waals surface area (Å²) in [5, 5.41) is 8.48. The summed E-state index contributed by atoms with van der Waals surface area (Å²) in [6, 6.07) is 18.0. The van der Waals surface area contributed by atoms with E-state index in [-0.39, 0.29) is 0 Å². The van der Waals surface area contributed by atoms with Crippen LogP contribution in [0.15, 0.2) is 58.4 Å². The summed E-state index contributed by atoms with van der Waals surface area (Å²) in [6.45, 7) is 4.46. The molecule has 1 N–H and O–H groups in total. The Kier molecular flexibility index (Phi) is 4.43. The zero-order valence-electron chi connectivity index (χ0n) is 12.1. The molecule has 0 aliphatic heterocycles. The van der Waals surface area contributed by atoms with Gasteiger partial charge in [0.15, 0.2) is 0 Å². The van der Waals surface area contributed by atoms with Crippen LogP contribution in [0.2, 0.25) is 0 Å². The van der Waals surface area contributed by atoms with E-state index in [4.69, 9.17) is 0 Å². The number of hydrogen-bond acceptors (Lipinski definition) is 2. The van der Waals surface area contributed by atoms with Gasteiger partial charge in [-0.25, -0.2) is 0 Å². The molecule has 0 amide bonds. The van der Waals surface area contributed by atoms with Crippen LogP contribution < -0.4 is 5.32 Å². The Morgan fingerprint density at radius 1 is 1.00 bits per heavy atom. The summed E-state index contributed by atoms with van der Waals surface area (Å²) in [6.07, 6.45) is 0. The second-order valence-electron chi connectivity index (χ2n) is 5.35. The standard InChI is InChI=1S/C18H18BrNS/c1-12(20-13(2)18-10-15(19)11-21-18)16-9-5-7-14-6-3-4-8-17(14)16/h3-13,20H,1-2H3. The Bertz CT molecular complexity index is 744. The summed E-state index contributed by atoms with van der Waals surface area (Å²) in [4.78, 5) is 1.36. The predicted octanol–water partition coefficient (Wildman–Crippen LogP) is 6.08. The van der Waals surface area contributed by atoms with E-state index in [1.54, 1.807) is 11.3 Å². The molecule has 0 spiro atoms. The minimum atomic E-state index is 0.312.